The summed E-state index contributed by atoms with van der Waals surface area (Å²) >= 11 is 8.28. The van der Waals surface area contributed by atoms with Crippen molar-refractivity contribution in [3.8, 4) is 5.75 Å². The van der Waals surface area contributed by atoms with Crippen LogP contribution in [0.1, 0.15) is 34.9 Å². The Labute approximate surface area is 172 Å². The zero-order chi connectivity index (χ0) is 19.7. The molecule has 0 aliphatic carbocycles. The van der Waals surface area contributed by atoms with Gasteiger partial charge in [-0.1, -0.05) is 29.8 Å². The molecule has 2 atom stereocenters. The van der Waals surface area contributed by atoms with Crippen molar-refractivity contribution < 1.29 is 19.4 Å². The third kappa shape index (κ3) is 3.94. The lowest BCUT2D eigenvalue weighted by Crippen LogP contribution is -2.31. The van der Waals surface area contributed by atoms with Gasteiger partial charge in [0, 0.05) is 39.4 Å². The maximum absolute atomic E-state index is 12.1. The molecular weight excluding hydrogens is 396 g/mol. The van der Waals surface area contributed by atoms with Gasteiger partial charge < -0.3 is 14.6 Å². The molecule has 0 unspecified atom stereocenters. The van der Waals surface area contributed by atoms with Crippen LogP contribution in [0.3, 0.4) is 0 Å². The first kappa shape index (κ1) is 19.4. The monoisotopic (exact) mass is 416 g/mol. The number of methoxy groups -OCH3 is 1. The highest BCUT2D eigenvalue weighted by atomic mass is 35.5. The van der Waals surface area contributed by atoms with Crippen LogP contribution in [0.15, 0.2) is 42.5 Å². The molecule has 4 nitrogen and oxygen atoms in total. The third-order valence-corrected chi connectivity index (χ3v) is 6.48. The quantitative estimate of drug-likeness (QED) is 0.640. The maximum Gasteiger partial charge on any atom is 0.138 e. The van der Waals surface area contributed by atoms with Crippen molar-refractivity contribution in [1.29, 1.82) is 0 Å². The Hall–Kier alpha value is -1.92. The van der Waals surface area contributed by atoms with Gasteiger partial charge in [0.25, 0.3) is 0 Å². The normalized spacial score (nSPS) is 19.9. The predicted octanol–water partition coefficient (Wildman–Crippen LogP) is 4.94. The van der Waals surface area contributed by atoms with Crippen LogP contribution in [-0.4, -0.2) is 30.7 Å². The van der Waals surface area contributed by atoms with Gasteiger partial charge >= 0.3 is 0 Å². The number of fused-ring (bicyclic) bond motifs is 1. The topological polar surface area (TPSA) is 55.8 Å². The van der Waals surface area contributed by atoms with Crippen LogP contribution < -0.4 is 4.74 Å². The number of ketones is 1. The molecule has 0 radical (unpaired) electrons. The van der Waals surface area contributed by atoms with E-state index >= 15 is 0 Å². The number of carbonyl (C=O) groups excluding carboxylic acids is 1. The zero-order valence-electron chi connectivity index (χ0n) is 15.5. The van der Waals surface area contributed by atoms with E-state index in [1.807, 2.05) is 18.2 Å². The highest BCUT2D eigenvalue weighted by Gasteiger charge is 2.31. The van der Waals surface area contributed by atoms with Gasteiger partial charge in [0.05, 0.1) is 25.9 Å². The van der Waals surface area contributed by atoms with E-state index < -0.39 is 12.2 Å². The number of halogens is 1. The highest BCUT2D eigenvalue weighted by Crippen LogP contribution is 2.39. The van der Waals surface area contributed by atoms with Gasteiger partial charge in [0.2, 0.25) is 0 Å². The van der Waals surface area contributed by atoms with Crippen LogP contribution >= 0.6 is 22.9 Å². The summed E-state index contributed by atoms with van der Waals surface area (Å²) in [5, 5.41) is 11.3. The molecule has 1 aromatic heterocycles. The summed E-state index contributed by atoms with van der Waals surface area (Å²) in [5.41, 5.74) is 1.76. The fourth-order valence-electron chi connectivity index (χ4n) is 3.66. The van der Waals surface area contributed by atoms with Crippen LogP contribution in [0.25, 0.3) is 10.1 Å². The Kier molecular flexibility index (Phi) is 5.69. The molecule has 1 N–H and O–H groups in total. The molecule has 2 aromatic carbocycles. The average molecular weight is 417 g/mol. The summed E-state index contributed by atoms with van der Waals surface area (Å²) in [7, 11) is 1.58. The summed E-state index contributed by atoms with van der Waals surface area (Å²) in [6, 6.07) is 14.2. The van der Waals surface area contributed by atoms with Gasteiger partial charge in [-0.15, -0.1) is 11.3 Å². The van der Waals surface area contributed by atoms with E-state index in [0.29, 0.717) is 17.2 Å². The third-order valence-electron chi connectivity index (χ3n) is 5.02. The molecule has 6 heteroatoms. The summed E-state index contributed by atoms with van der Waals surface area (Å²) < 4.78 is 12.7. The summed E-state index contributed by atoms with van der Waals surface area (Å²) in [6.45, 7) is -0.174. The Morgan fingerprint density at radius 3 is 2.82 bits per heavy atom. The molecule has 0 saturated carbocycles. The Bertz CT molecular complexity index is 980. The summed E-state index contributed by atoms with van der Waals surface area (Å²) in [6.07, 6.45) is 0.303. The lowest BCUT2D eigenvalue weighted by molar-refractivity contribution is -0.139. The molecular formula is C22H21ClO4S. The number of rotatable bonds is 5. The molecule has 0 spiro atoms. The maximum atomic E-state index is 12.1. The van der Waals surface area contributed by atoms with Gasteiger partial charge in [0.15, 0.2) is 0 Å². The Morgan fingerprint density at radius 2 is 2.07 bits per heavy atom. The number of aliphatic hydroxyl groups is 1. The second-order valence-electron chi connectivity index (χ2n) is 6.99. The molecule has 146 valence electrons. The fourth-order valence-corrected chi connectivity index (χ4v) is 4.97. The molecule has 4 rings (SSSR count). The molecule has 28 heavy (non-hydrogen) atoms. The molecule has 2 heterocycles. The molecule has 1 saturated heterocycles. The zero-order valence-corrected chi connectivity index (χ0v) is 17.1. The first-order valence-electron chi connectivity index (χ1n) is 9.19. The SMILES string of the molecule is COc1cc(Cl)c(Cc2cc3ccccc3s2)cc1[C@H]1CC(=O)C[C@@H](CO)O1. The lowest BCUT2D eigenvalue weighted by Gasteiger charge is -2.29. The van der Waals surface area contributed by atoms with Crippen LogP contribution in [0, 0.1) is 0 Å². The number of hydrogen-bond acceptors (Lipinski definition) is 5. The van der Waals surface area contributed by atoms with Gasteiger partial charge in [-0.05, 0) is 35.2 Å². The van der Waals surface area contributed by atoms with Crippen molar-refractivity contribution in [3.63, 3.8) is 0 Å². The van der Waals surface area contributed by atoms with Gasteiger partial charge in [0.1, 0.15) is 11.5 Å². The van der Waals surface area contributed by atoms with Crippen molar-refractivity contribution in [2.75, 3.05) is 13.7 Å². The Morgan fingerprint density at radius 1 is 1.25 bits per heavy atom. The number of benzene rings is 2. The number of ether oxygens (including phenoxy) is 2. The minimum Gasteiger partial charge on any atom is -0.496 e. The second-order valence-corrected chi connectivity index (χ2v) is 8.56. The molecule has 1 fully saturated rings. The van der Waals surface area contributed by atoms with Gasteiger partial charge in [-0.3, -0.25) is 4.79 Å². The number of Topliss-reactive ketones (excluding diaryl/α,β-unsaturated/α-hetero) is 1. The summed E-state index contributed by atoms with van der Waals surface area (Å²) in [5.74, 6) is 0.680. The van der Waals surface area contributed by atoms with E-state index in [4.69, 9.17) is 21.1 Å². The molecule has 1 aliphatic heterocycles. The van der Waals surface area contributed by atoms with Crippen molar-refractivity contribution >= 4 is 38.8 Å². The Balaban J connectivity index is 1.68. The van der Waals surface area contributed by atoms with Crippen LogP contribution in [-0.2, 0) is 16.0 Å². The van der Waals surface area contributed by atoms with Crippen molar-refractivity contribution in [1.82, 2.24) is 0 Å². The van der Waals surface area contributed by atoms with E-state index in [9.17, 15) is 9.90 Å². The highest BCUT2D eigenvalue weighted by molar-refractivity contribution is 7.19. The average Bonchev–Trinajstić information content (AvgIpc) is 3.11. The number of thiophene rings is 1. The fraction of sp³-hybridized carbons (Fsp3) is 0.318. The van der Waals surface area contributed by atoms with E-state index in [2.05, 4.69) is 18.2 Å². The minimum absolute atomic E-state index is 0.0818. The van der Waals surface area contributed by atoms with Crippen LogP contribution in [0.2, 0.25) is 5.02 Å². The van der Waals surface area contributed by atoms with E-state index in [0.717, 1.165) is 11.1 Å². The van der Waals surface area contributed by atoms with Gasteiger partial charge in [-0.25, -0.2) is 0 Å². The van der Waals surface area contributed by atoms with E-state index in [1.165, 1.54) is 15.0 Å². The molecule has 1 aliphatic rings. The van der Waals surface area contributed by atoms with E-state index in [-0.39, 0.29) is 25.2 Å². The largest absolute Gasteiger partial charge is 0.496 e. The number of carbonyl (C=O) groups is 1. The molecule has 3 aromatic rings. The van der Waals surface area contributed by atoms with Crippen LogP contribution in [0.5, 0.6) is 5.75 Å². The van der Waals surface area contributed by atoms with Crippen molar-refractivity contribution in [3.05, 3.63) is 63.5 Å². The van der Waals surface area contributed by atoms with Crippen LogP contribution in [0.4, 0.5) is 0 Å². The molecule has 0 amide bonds. The second kappa shape index (κ2) is 8.21. The number of aliphatic hydroxyl groups excluding tert-OH is 1. The lowest BCUT2D eigenvalue weighted by atomic mass is 9.94. The minimum atomic E-state index is -0.474. The van der Waals surface area contributed by atoms with Crippen molar-refractivity contribution in [2.24, 2.45) is 0 Å². The summed E-state index contributed by atoms with van der Waals surface area (Å²) in [4.78, 5) is 13.3. The van der Waals surface area contributed by atoms with Crippen molar-refractivity contribution in [2.45, 2.75) is 31.5 Å². The standard InChI is InChI=1S/C22H21ClO4S/c1-26-20-11-19(23)14(7-17-6-13-4-2-3-5-22(13)28-17)8-18(20)21-10-15(25)9-16(12-24)27-21/h2-6,8,11,16,21,24H,7,9-10,12H2,1H3/t16-,21+/m0/s1. The van der Waals surface area contributed by atoms with E-state index in [1.54, 1.807) is 24.5 Å². The smallest absolute Gasteiger partial charge is 0.138 e. The molecule has 0 bridgehead atoms. The first-order chi connectivity index (χ1) is 13.6. The predicted molar refractivity (Wildman–Crippen MR) is 112 cm³/mol. The first-order valence-corrected chi connectivity index (χ1v) is 10.4. The van der Waals surface area contributed by atoms with Gasteiger partial charge in [-0.2, -0.15) is 0 Å². The number of hydrogen-bond donors (Lipinski definition) is 1.